The third-order valence-electron chi connectivity index (χ3n) is 3.14. The molecule has 0 bridgehead atoms. The molecule has 1 atom stereocenters. The molecular formula is C11H19N3O. The lowest BCUT2D eigenvalue weighted by atomic mass is 9.87. The zero-order chi connectivity index (χ0) is 10.8. The summed E-state index contributed by atoms with van der Waals surface area (Å²) in [5, 5.41) is 6.11. The van der Waals surface area contributed by atoms with Gasteiger partial charge in [0.15, 0.2) is 0 Å². The minimum Gasteiger partial charge on any atom is -0.308 e. The minimum absolute atomic E-state index is 0.126. The molecule has 2 aliphatic rings. The van der Waals surface area contributed by atoms with Gasteiger partial charge in [-0.2, -0.15) is 5.10 Å². The lowest BCUT2D eigenvalue weighted by molar-refractivity contribution is -0.132. The Balaban J connectivity index is 1.97. The van der Waals surface area contributed by atoms with Gasteiger partial charge in [-0.1, -0.05) is 6.42 Å². The predicted molar refractivity (Wildman–Crippen MR) is 59.7 cm³/mol. The number of amides is 1. The lowest BCUT2D eigenvalue weighted by Crippen LogP contribution is -2.33. The molecule has 4 heteroatoms. The summed E-state index contributed by atoms with van der Waals surface area (Å²) in [7, 11) is 4.03. The van der Waals surface area contributed by atoms with E-state index in [0.29, 0.717) is 0 Å². The summed E-state index contributed by atoms with van der Waals surface area (Å²) in [6.07, 6.45) is 4.41. The maximum Gasteiger partial charge on any atom is 0.251 e. The van der Waals surface area contributed by atoms with Crippen molar-refractivity contribution < 1.29 is 4.79 Å². The van der Waals surface area contributed by atoms with Crippen molar-refractivity contribution in [1.29, 1.82) is 0 Å². The molecule has 1 heterocycles. The Morgan fingerprint density at radius 3 is 2.93 bits per heavy atom. The molecule has 1 aliphatic carbocycles. The van der Waals surface area contributed by atoms with E-state index in [0.717, 1.165) is 31.6 Å². The van der Waals surface area contributed by atoms with E-state index in [9.17, 15) is 4.79 Å². The smallest absolute Gasteiger partial charge is 0.251 e. The Kier molecular flexibility index (Phi) is 3.05. The van der Waals surface area contributed by atoms with Crippen LogP contribution in [0.25, 0.3) is 0 Å². The number of nitrogens with zero attached hydrogens (tertiary/aromatic N) is 3. The second kappa shape index (κ2) is 4.31. The van der Waals surface area contributed by atoms with Crippen LogP contribution < -0.4 is 0 Å². The van der Waals surface area contributed by atoms with Gasteiger partial charge in [0.2, 0.25) is 0 Å². The summed E-state index contributed by atoms with van der Waals surface area (Å²) in [4.78, 5) is 14.0. The van der Waals surface area contributed by atoms with Crippen molar-refractivity contribution in [3.05, 3.63) is 0 Å². The number of hydrogen-bond donors (Lipinski definition) is 0. The molecule has 1 unspecified atom stereocenters. The second-order valence-electron chi connectivity index (χ2n) is 4.65. The van der Waals surface area contributed by atoms with Crippen molar-refractivity contribution in [2.45, 2.75) is 25.7 Å². The Morgan fingerprint density at radius 2 is 2.27 bits per heavy atom. The Bertz CT molecular complexity index is 286. The minimum atomic E-state index is 0.126. The average Bonchev–Trinajstić information content (AvgIpc) is 2.54. The zero-order valence-corrected chi connectivity index (χ0v) is 9.57. The fourth-order valence-corrected chi connectivity index (χ4v) is 2.22. The molecule has 1 amide bonds. The highest BCUT2D eigenvalue weighted by Gasteiger charge is 2.36. The van der Waals surface area contributed by atoms with Crippen LogP contribution in [0.4, 0.5) is 0 Å². The first-order valence-corrected chi connectivity index (χ1v) is 5.72. The van der Waals surface area contributed by atoms with Crippen LogP contribution in [0.15, 0.2) is 5.10 Å². The Labute approximate surface area is 90.9 Å². The highest BCUT2D eigenvalue weighted by atomic mass is 16.2. The quantitative estimate of drug-likeness (QED) is 0.693. The van der Waals surface area contributed by atoms with Gasteiger partial charge >= 0.3 is 0 Å². The monoisotopic (exact) mass is 209 g/mol. The SMILES string of the molecule is CN(C)CCN1N=C2CCCCC2C1=O. The first-order chi connectivity index (χ1) is 7.18. The van der Waals surface area contributed by atoms with Gasteiger partial charge in [0.25, 0.3) is 5.91 Å². The fraction of sp³-hybridized carbons (Fsp3) is 0.818. The third-order valence-corrected chi connectivity index (χ3v) is 3.14. The molecular weight excluding hydrogens is 190 g/mol. The summed E-state index contributed by atoms with van der Waals surface area (Å²) in [6, 6.07) is 0. The van der Waals surface area contributed by atoms with E-state index in [1.807, 2.05) is 14.1 Å². The van der Waals surface area contributed by atoms with Crippen molar-refractivity contribution in [3.8, 4) is 0 Å². The number of rotatable bonds is 3. The molecule has 15 heavy (non-hydrogen) atoms. The van der Waals surface area contributed by atoms with Crippen LogP contribution in [-0.2, 0) is 4.79 Å². The van der Waals surface area contributed by atoms with E-state index in [1.54, 1.807) is 5.01 Å². The number of carbonyl (C=O) groups is 1. The van der Waals surface area contributed by atoms with E-state index in [-0.39, 0.29) is 11.8 Å². The van der Waals surface area contributed by atoms with Gasteiger partial charge in [0, 0.05) is 6.54 Å². The van der Waals surface area contributed by atoms with E-state index >= 15 is 0 Å². The molecule has 0 aromatic rings. The summed E-state index contributed by atoms with van der Waals surface area (Å²) in [5.74, 6) is 0.354. The largest absolute Gasteiger partial charge is 0.308 e. The van der Waals surface area contributed by atoms with Crippen LogP contribution in [0.5, 0.6) is 0 Å². The first kappa shape index (κ1) is 10.6. The van der Waals surface area contributed by atoms with Crippen LogP contribution >= 0.6 is 0 Å². The van der Waals surface area contributed by atoms with Gasteiger partial charge in [-0.3, -0.25) is 4.79 Å². The Hall–Kier alpha value is -0.900. The van der Waals surface area contributed by atoms with Crippen molar-refractivity contribution >= 4 is 11.6 Å². The third kappa shape index (κ3) is 2.20. The normalized spacial score (nSPS) is 25.8. The van der Waals surface area contributed by atoms with Crippen molar-refractivity contribution in [2.24, 2.45) is 11.0 Å². The number of hydrogen-bond acceptors (Lipinski definition) is 3. The van der Waals surface area contributed by atoms with Crippen molar-refractivity contribution in [1.82, 2.24) is 9.91 Å². The number of fused-ring (bicyclic) bond motifs is 1. The Morgan fingerprint density at radius 1 is 1.47 bits per heavy atom. The number of hydrazone groups is 1. The van der Waals surface area contributed by atoms with E-state index < -0.39 is 0 Å². The lowest BCUT2D eigenvalue weighted by Gasteiger charge is -2.18. The standard InChI is InChI=1S/C11H19N3O/c1-13(2)7-8-14-11(15)9-5-3-4-6-10(9)12-14/h9H,3-8H2,1-2H3. The van der Waals surface area contributed by atoms with Crippen LogP contribution in [0, 0.1) is 5.92 Å². The van der Waals surface area contributed by atoms with Crippen LogP contribution in [0.2, 0.25) is 0 Å². The maximum atomic E-state index is 11.9. The van der Waals surface area contributed by atoms with Gasteiger partial charge in [-0.05, 0) is 33.4 Å². The van der Waals surface area contributed by atoms with Gasteiger partial charge in [-0.15, -0.1) is 0 Å². The molecule has 2 rings (SSSR count). The van der Waals surface area contributed by atoms with Gasteiger partial charge in [0.1, 0.15) is 0 Å². The van der Waals surface area contributed by atoms with Gasteiger partial charge in [-0.25, -0.2) is 5.01 Å². The summed E-state index contributed by atoms with van der Waals surface area (Å²) < 4.78 is 0. The van der Waals surface area contributed by atoms with E-state index in [4.69, 9.17) is 0 Å². The van der Waals surface area contributed by atoms with Crippen LogP contribution in [0.1, 0.15) is 25.7 Å². The number of likely N-dealkylation sites (N-methyl/N-ethyl adjacent to an activating group) is 1. The molecule has 1 aliphatic heterocycles. The van der Waals surface area contributed by atoms with E-state index in [2.05, 4.69) is 10.0 Å². The van der Waals surface area contributed by atoms with Crippen molar-refractivity contribution in [3.63, 3.8) is 0 Å². The molecule has 0 aromatic carbocycles. The fourth-order valence-electron chi connectivity index (χ4n) is 2.22. The molecule has 84 valence electrons. The van der Waals surface area contributed by atoms with Gasteiger partial charge in [0.05, 0.1) is 18.2 Å². The number of carbonyl (C=O) groups excluding carboxylic acids is 1. The molecule has 0 radical (unpaired) electrons. The first-order valence-electron chi connectivity index (χ1n) is 5.72. The molecule has 1 fully saturated rings. The molecule has 0 aromatic heterocycles. The highest BCUT2D eigenvalue weighted by molar-refractivity contribution is 6.08. The summed E-state index contributed by atoms with van der Waals surface area (Å²) in [6.45, 7) is 1.61. The predicted octanol–water partition coefficient (Wildman–Crippen LogP) is 0.936. The van der Waals surface area contributed by atoms with E-state index in [1.165, 1.54) is 12.8 Å². The molecule has 0 saturated heterocycles. The summed E-state index contributed by atoms with van der Waals surface area (Å²) in [5.41, 5.74) is 1.13. The molecule has 4 nitrogen and oxygen atoms in total. The van der Waals surface area contributed by atoms with Crippen molar-refractivity contribution in [2.75, 3.05) is 27.2 Å². The van der Waals surface area contributed by atoms with Crippen LogP contribution in [-0.4, -0.2) is 48.7 Å². The highest BCUT2D eigenvalue weighted by Crippen LogP contribution is 2.28. The van der Waals surface area contributed by atoms with Crippen LogP contribution in [0.3, 0.4) is 0 Å². The molecule has 0 N–H and O–H groups in total. The average molecular weight is 209 g/mol. The molecule has 0 spiro atoms. The topological polar surface area (TPSA) is 35.9 Å². The molecule has 1 saturated carbocycles. The summed E-state index contributed by atoms with van der Waals surface area (Å²) >= 11 is 0. The second-order valence-corrected chi connectivity index (χ2v) is 4.65. The zero-order valence-electron chi connectivity index (χ0n) is 9.57. The maximum absolute atomic E-state index is 11.9. The van der Waals surface area contributed by atoms with Gasteiger partial charge < -0.3 is 4.90 Å².